The maximum atomic E-state index is 12.0. The molecule has 4 heteroatoms. The molecule has 2 heterocycles. The van der Waals surface area contributed by atoms with Crippen LogP contribution in [-0.2, 0) is 16.0 Å². The standard InChI is InChI=1S/C15H20N2O2/c18-15(9-13-5-3-7-19-13)17-12-8-11-4-1-2-6-14(11)16-10-12/h1-2,4,6,12-13,16H,3,5,7-10H2,(H,17,18). The number of hydrogen-bond acceptors (Lipinski definition) is 3. The quantitative estimate of drug-likeness (QED) is 0.870. The van der Waals surface area contributed by atoms with E-state index in [9.17, 15) is 4.79 Å². The Kier molecular flexibility index (Phi) is 3.69. The molecule has 1 aromatic carbocycles. The zero-order valence-corrected chi connectivity index (χ0v) is 11.0. The summed E-state index contributed by atoms with van der Waals surface area (Å²) < 4.78 is 5.49. The Labute approximate surface area is 113 Å². The monoisotopic (exact) mass is 260 g/mol. The van der Waals surface area contributed by atoms with Gasteiger partial charge in [0.15, 0.2) is 0 Å². The van der Waals surface area contributed by atoms with E-state index in [-0.39, 0.29) is 18.1 Å². The van der Waals surface area contributed by atoms with Crippen LogP contribution in [-0.4, -0.2) is 31.2 Å². The lowest BCUT2D eigenvalue weighted by Gasteiger charge is -2.27. The van der Waals surface area contributed by atoms with Gasteiger partial charge in [-0.3, -0.25) is 4.79 Å². The third-order valence-corrected chi connectivity index (χ3v) is 3.82. The zero-order valence-electron chi connectivity index (χ0n) is 11.0. The van der Waals surface area contributed by atoms with Crippen molar-refractivity contribution >= 4 is 11.6 Å². The molecule has 0 saturated carbocycles. The molecule has 1 aromatic rings. The van der Waals surface area contributed by atoms with Crippen LogP contribution in [0.2, 0.25) is 0 Å². The van der Waals surface area contributed by atoms with Gasteiger partial charge in [-0.2, -0.15) is 0 Å². The average Bonchev–Trinajstić information content (AvgIpc) is 2.91. The van der Waals surface area contributed by atoms with E-state index < -0.39 is 0 Å². The summed E-state index contributed by atoms with van der Waals surface area (Å²) in [6, 6.07) is 8.45. The van der Waals surface area contributed by atoms with E-state index in [1.54, 1.807) is 0 Å². The summed E-state index contributed by atoms with van der Waals surface area (Å²) in [6.07, 6.45) is 3.62. The highest BCUT2D eigenvalue weighted by Gasteiger charge is 2.23. The first-order valence-corrected chi connectivity index (χ1v) is 7.04. The number of anilines is 1. The number of nitrogens with one attached hydrogen (secondary N) is 2. The minimum atomic E-state index is 0.109. The Balaban J connectivity index is 1.52. The topological polar surface area (TPSA) is 50.4 Å². The number of amides is 1. The summed E-state index contributed by atoms with van der Waals surface area (Å²) in [6.45, 7) is 1.60. The maximum Gasteiger partial charge on any atom is 0.222 e. The number of rotatable bonds is 3. The van der Waals surface area contributed by atoms with Crippen LogP contribution in [0.15, 0.2) is 24.3 Å². The van der Waals surface area contributed by atoms with Crippen molar-refractivity contribution in [3.8, 4) is 0 Å². The fourth-order valence-corrected chi connectivity index (χ4v) is 2.84. The Morgan fingerprint density at radius 2 is 2.32 bits per heavy atom. The summed E-state index contributed by atoms with van der Waals surface area (Å²) in [5, 5.41) is 6.47. The summed E-state index contributed by atoms with van der Waals surface area (Å²) in [5.74, 6) is 0.109. The van der Waals surface area contributed by atoms with Crippen LogP contribution in [0.25, 0.3) is 0 Å². The smallest absolute Gasteiger partial charge is 0.222 e. The summed E-state index contributed by atoms with van der Waals surface area (Å²) >= 11 is 0. The molecule has 0 aromatic heterocycles. The van der Waals surface area contributed by atoms with E-state index in [0.29, 0.717) is 6.42 Å². The molecule has 0 aliphatic carbocycles. The van der Waals surface area contributed by atoms with Crippen molar-refractivity contribution in [2.24, 2.45) is 0 Å². The Morgan fingerprint density at radius 3 is 3.16 bits per heavy atom. The van der Waals surface area contributed by atoms with E-state index in [0.717, 1.165) is 32.4 Å². The number of ether oxygens (including phenoxy) is 1. The normalized spacial score (nSPS) is 25.5. The van der Waals surface area contributed by atoms with Gasteiger partial charge in [0.1, 0.15) is 0 Å². The van der Waals surface area contributed by atoms with Crippen molar-refractivity contribution in [3.63, 3.8) is 0 Å². The molecule has 102 valence electrons. The fourth-order valence-electron chi connectivity index (χ4n) is 2.84. The van der Waals surface area contributed by atoms with E-state index in [4.69, 9.17) is 4.74 Å². The second-order valence-corrected chi connectivity index (χ2v) is 5.35. The molecule has 0 bridgehead atoms. The van der Waals surface area contributed by atoms with Gasteiger partial charge in [-0.05, 0) is 30.9 Å². The van der Waals surface area contributed by atoms with Gasteiger partial charge in [0.05, 0.1) is 18.6 Å². The first-order chi connectivity index (χ1) is 9.31. The van der Waals surface area contributed by atoms with Gasteiger partial charge in [-0.25, -0.2) is 0 Å². The predicted molar refractivity (Wildman–Crippen MR) is 74.2 cm³/mol. The molecular formula is C15H20N2O2. The van der Waals surface area contributed by atoms with Crippen molar-refractivity contribution in [1.29, 1.82) is 0 Å². The molecule has 2 atom stereocenters. The van der Waals surface area contributed by atoms with Crippen molar-refractivity contribution in [2.45, 2.75) is 37.8 Å². The minimum Gasteiger partial charge on any atom is -0.383 e. The summed E-state index contributed by atoms with van der Waals surface area (Å²) in [4.78, 5) is 12.0. The molecule has 1 fully saturated rings. The lowest BCUT2D eigenvalue weighted by atomic mass is 9.99. The Morgan fingerprint density at radius 1 is 1.42 bits per heavy atom. The molecule has 2 aliphatic heterocycles. The second-order valence-electron chi connectivity index (χ2n) is 5.35. The van der Waals surface area contributed by atoms with Crippen LogP contribution >= 0.6 is 0 Å². The highest BCUT2D eigenvalue weighted by Crippen LogP contribution is 2.21. The first kappa shape index (κ1) is 12.5. The van der Waals surface area contributed by atoms with Crippen molar-refractivity contribution in [1.82, 2.24) is 5.32 Å². The van der Waals surface area contributed by atoms with E-state index in [1.807, 2.05) is 12.1 Å². The lowest BCUT2D eigenvalue weighted by molar-refractivity contribution is -0.123. The molecular weight excluding hydrogens is 240 g/mol. The first-order valence-electron chi connectivity index (χ1n) is 7.04. The number of para-hydroxylation sites is 1. The molecule has 3 rings (SSSR count). The highest BCUT2D eigenvalue weighted by molar-refractivity contribution is 5.77. The number of fused-ring (bicyclic) bond motifs is 1. The largest absolute Gasteiger partial charge is 0.383 e. The minimum absolute atomic E-state index is 0.109. The molecule has 2 N–H and O–H groups in total. The highest BCUT2D eigenvalue weighted by atomic mass is 16.5. The molecule has 0 spiro atoms. The second kappa shape index (κ2) is 5.61. The van der Waals surface area contributed by atoms with Crippen LogP contribution in [0.5, 0.6) is 0 Å². The van der Waals surface area contributed by atoms with Gasteiger partial charge < -0.3 is 15.4 Å². The molecule has 1 saturated heterocycles. The van der Waals surface area contributed by atoms with E-state index >= 15 is 0 Å². The van der Waals surface area contributed by atoms with Gasteiger partial charge in [-0.1, -0.05) is 18.2 Å². The number of carbonyl (C=O) groups excluding carboxylic acids is 1. The maximum absolute atomic E-state index is 12.0. The number of benzene rings is 1. The molecule has 19 heavy (non-hydrogen) atoms. The lowest BCUT2D eigenvalue weighted by Crippen LogP contribution is -2.44. The van der Waals surface area contributed by atoms with Gasteiger partial charge in [0.2, 0.25) is 5.91 Å². The van der Waals surface area contributed by atoms with Gasteiger partial charge in [-0.15, -0.1) is 0 Å². The van der Waals surface area contributed by atoms with Gasteiger partial charge in [0.25, 0.3) is 0 Å². The van der Waals surface area contributed by atoms with Gasteiger partial charge >= 0.3 is 0 Å². The number of carbonyl (C=O) groups is 1. The third-order valence-electron chi connectivity index (χ3n) is 3.82. The van der Waals surface area contributed by atoms with Crippen LogP contribution in [0.1, 0.15) is 24.8 Å². The average molecular weight is 260 g/mol. The molecule has 2 unspecified atom stereocenters. The van der Waals surface area contributed by atoms with Crippen LogP contribution in [0.3, 0.4) is 0 Å². The van der Waals surface area contributed by atoms with Crippen molar-refractivity contribution in [3.05, 3.63) is 29.8 Å². The summed E-state index contributed by atoms with van der Waals surface area (Å²) in [5.41, 5.74) is 2.46. The van der Waals surface area contributed by atoms with Crippen molar-refractivity contribution in [2.75, 3.05) is 18.5 Å². The molecule has 2 aliphatic rings. The number of hydrogen-bond donors (Lipinski definition) is 2. The SMILES string of the molecule is O=C(CC1CCCO1)NC1CNc2ccccc2C1. The van der Waals surface area contributed by atoms with Crippen LogP contribution < -0.4 is 10.6 Å². The van der Waals surface area contributed by atoms with Crippen LogP contribution in [0.4, 0.5) is 5.69 Å². The Bertz CT molecular complexity index is 455. The summed E-state index contributed by atoms with van der Waals surface area (Å²) in [7, 11) is 0. The molecule has 0 radical (unpaired) electrons. The predicted octanol–water partition coefficient (Wildman–Crippen LogP) is 1.71. The fraction of sp³-hybridized carbons (Fsp3) is 0.533. The zero-order chi connectivity index (χ0) is 13.1. The van der Waals surface area contributed by atoms with E-state index in [1.165, 1.54) is 11.3 Å². The van der Waals surface area contributed by atoms with E-state index in [2.05, 4.69) is 22.8 Å². The molecule has 1 amide bonds. The third kappa shape index (κ3) is 3.07. The van der Waals surface area contributed by atoms with Gasteiger partial charge in [0, 0.05) is 18.8 Å². The van der Waals surface area contributed by atoms with Crippen molar-refractivity contribution < 1.29 is 9.53 Å². The molecule has 4 nitrogen and oxygen atoms in total. The van der Waals surface area contributed by atoms with Crippen LogP contribution in [0, 0.1) is 0 Å². The Hall–Kier alpha value is -1.55.